The number of nitrogens with zero attached hydrogens (tertiary/aromatic N) is 1. The Bertz CT molecular complexity index is 1500. The van der Waals surface area contributed by atoms with Gasteiger partial charge in [-0.3, -0.25) is 9.69 Å². The fourth-order valence-electron chi connectivity index (χ4n) is 4.15. The van der Waals surface area contributed by atoms with Crippen molar-refractivity contribution in [3.63, 3.8) is 0 Å². The first-order chi connectivity index (χ1) is 18.0. The Morgan fingerprint density at radius 2 is 1.59 bits per heavy atom. The highest BCUT2D eigenvalue weighted by molar-refractivity contribution is 6.13. The quantitative estimate of drug-likeness (QED) is 0.238. The molecule has 186 valence electrons. The van der Waals surface area contributed by atoms with E-state index in [0.717, 1.165) is 15.8 Å². The van der Waals surface area contributed by atoms with Crippen molar-refractivity contribution in [1.29, 1.82) is 0 Å². The van der Waals surface area contributed by atoms with E-state index in [-0.39, 0.29) is 18.1 Å². The van der Waals surface area contributed by atoms with Crippen LogP contribution in [0.5, 0.6) is 11.5 Å². The third kappa shape index (κ3) is 5.46. The molecule has 4 aromatic rings. The number of halogens is 1. The van der Waals surface area contributed by atoms with Crippen molar-refractivity contribution in [2.75, 3.05) is 6.61 Å². The van der Waals surface area contributed by atoms with Crippen molar-refractivity contribution < 1.29 is 23.5 Å². The average Bonchev–Trinajstić information content (AvgIpc) is 3.16. The van der Waals surface area contributed by atoms with Crippen LogP contribution in [0.25, 0.3) is 16.8 Å². The molecule has 7 heteroatoms. The Labute approximate surface area is 213 Å². The van der Waals surface area contributed by atoms with Crippen molar-refractivity contribution in [3.8, 4) is 11.5 Å². The number of fused-ring (bicyclic) bond motifs is 1. The van der Waals surface area contributed by atoms with Crippen molar-refractivity contribution in [3.05, 3.63) is 113 Å². The van der Waals surface area contributed by atoms with Crippen LogP contribution in [0.1, 0.15) is 23.6 Å². The Morgan fingerprint density at radius 3 is 2.38 bits per heavy atom. The molecule has 1 heterocycles. The second-order valence-corrected chi connectivity index (χ2v) is 8.62. The van der Waals surface area contributed by atoms with Gasteiger partial charge in [0, 0.05) is 0 Å². The molecule has 0 radical (unpaired) electrons. The molecule has 4 aromatic carbocycles. The van der Waals surface area contributed by atoms with Crippen LogP contribution in [-0.2, 0) is 17.9 Å². The molecule has 3 amide bonds. The van der Waals surface area contributed by atoms with Crippen molar-refractivity contribution in [1.82, 2.24) is 10.2 Å². The Morgan fingerprint density at radius 1 is 0.838 bits per heavy atom. The second kappa shape index (κ2) is 10.5. The minimum absolute atomic E-state index is 0.0496. The number of ether oxygens (including phenoxy) is 2. The molecular formula is C30H25FN2O4. The minimum Gasteiger partial charge on any atom is -0.490 e. The van der Waals surface area contributed by atoms with Crippen LogP contribution in [0, 0.1) is 5.82 Å². The Hall–Kier alpha value is -4.65. The number of nitrogens with one attached hydrogen (secondary N) is 1. The third-order valence-electron chi connectivity index (χ3n) is 6.00. The standard InChI is InChI=1S/C30H25FN2O4/c1-2-36-28-17-21(10-14-27(28)37-19-22-7-11-23-5-3-4-6-24(23)15-22)16-26-29(34)33(30(35)32-26)18-20-8-12-25(31)13-9-20/h3-17H,2,18-19H2,1H3,(H,32,35)/b26-16+. The number of carbonyl (C=O) groups excluding carboxylic acids is 2. The molecule has 6 nitrogen and oxygen atoms in total. The molecule has 0 bridgehead atoms. The number of carbonyl (C=O) groups is 2. The van der Waals surface area contributed by atoms with Crippen molar-refractivity contribution in [2.45, 2.75) is 20.1 Å². The number of rotatable bonds is 8. The molecule has 1 fully saturated rings. The van der Waals surface area contributed by atoms with Gasteiger partial charge in [-0.25, -0.2) is 9.18 Å². The van der Waals surface area contributed by atoms with Gasteiger partial charge in [-0.2, -0.15) is 0 Å². The zero-order valence-electron chi connectivity index (χ0n) is 20.2. The molecule has 0 atom stereocenters. The largest absolute Gasteiger partial charge is 0.490 e. The minimum atomic E-state index is -0.527. The summed E-state index contributed by atoms with van der Waals surface area (Å²) in [7, 11) is 0. The summed E-state index contributed by atoms with van der Waals surface area (Å²) in [5.41, 5.74) is 2.51. The van der Waals surface area contributed by atoms with E-state index in [9.17, 15) is 14.0 Å². The Balaban J connectivity index is 1.31. The summed E-state index contributed by atoms with van der Waals surface area (Å²) < 4.78 is 25.0. The van der Waals surface area contributed by atoms with E-state index in [4.69, 9.17) is 9.47 Å². The number of amides is 3. The first kappa shape index (κ1) is 24.1. The summed E-state index contributed by atoms with van der Waals surface area (Å²) in [4.78, 5) is 26.4. The first-order valence-electron chi connectivity index (χ1n) is 12.0. The molecule has 5 rings (SSSR count). The predicted molar refractivity (Wildman–Crippen MR) is 139 cm³/mol. The monoisotopic (exact) mass is 496 g/mol. The highest BCUT2D eigenvalue weighted by Crippen LogP contribution is 2.31. The predicted octanol–water partition coefficient (Wildman–Crippen LogP) is 6.05. The van der Waals surface area contributed by atoms with E-state index in [0.29, 0.717) is 35.8 Å². The highest BCUT2D eigenvalue weighted by Gasteiger charge is 2.33. The molecule has 1 aliphatic heterocycles. The summed E-state index contributed by atoms with van der Waals surface area (Å²) in [5.74, 6) is 0.287. The van der Waals surface area contributed by atoms with Gasteiger partial charge in [-0.1, -0.05) is 54.6 Å². The molecule has 1 aliphatic rings. The summed E-state index contributed by atoms with van der Waals surface area (Å²) in [6, 6.07) is 24.9. The van der Waals surface area contributed by atoms with E-state index < -0.39 is 11.9 Å². The number of hydrogen-bond donors (Lipinski definition) is 1. The summed E-state index contributed by atoms with van der Waals surface area (Å²) >= 11 is 0. The smallest absolute Gasteiger partial charge is 0.329 e. The van der Waals surface area contributed by atoms with Crippen LogP contribution < -0.4 is 14.8 Å². The number of imide groups is 1. The second-order valence-electron chi connectivity index (χ2n) is 8.62. The zero-order chi connectivity index (χ0) is 25.8. The van der Waals surface area contributed by atoms with Crippen LogP contribution in [0.2, 0.25) is 0 Å². The fourth-order valence-corrected chi connectivity index (χ4v) is 4.15. The van der Waals surface area contributed by atoms with Crippen LogP contribution >= 0.6 is 0 Å². The lowest BCUT2D eigenvalue weighted by Crippen LogP contribution is -2.30. The summed E-state index contributed by atoms with van der Waals surface area (Å²) in [6.45, 7) is 2.74. The van der Waals surface area contributed by atoms with Gasteiger partial charge in [0.25, 0.3) is 5.91 Å². The average molecular weight is 497 g/mol. The van der Waals surface area contributed by atoms with E-state index in [1.165, 1.54) is 17.5 Å². The molecule has 0 aromatic heterocycles. The van der Waals surface area contributed by atoms with Crippen LogP contribution in [0.3, 0.4) is 0 Å². The molecule has 0 spiro atoms. The van der Waals surface area contributed by atoms with Gasteiger partial charge in [0.05, 0.1) is 13.2 Å². The summed E-state index contributed by atoms with van der Waals surface area (Å²) in [5, 5.41) is 4.93. The van der Waals surface area contributed by atoms with Gasteiger partial charge in [-0.05, 0) is 70.8 Å². The van der Waals surface area contributed by atoms with E-state index in [2.05, 4.69) is 29.6 Å². The maximum atomic E-state index is 13.2. The van der Waals surface area contributed by atoms with Crippen LogP contribution in [0.4, 0.5) is 9.18 Å². The zero-order valence-corrected chi connectivity index (χ0v) is 20.2. The van der Waals surface area contributed by atoms with Crippen molar-refractivity contribution >= 4 is 28.8 Å². The van der Waals surface area contributed by atoms with Gasteiger partial charge in [-0.15, -0.1) is 0 Å². The molecule has 1 saturated heterocycles. The number of urea groups is 1. The lowest BCUT2D eigenvalue weighted by Gasteiger charge is -2.13. The molecule has 0 saturated carbocycles. The molecule has 0 unspecified atom stereocenters. The first-order valence-corrected chi connectivity index (χ1v) is 12.0. The topological polar surface area (TPSA) is 67.9 Å². The highest BCUT2D eigenvalue weighted by atomic mass is 19.1. The van der Waals surface area contributed by atoms with Gasteiger partial charge < -0.3 is 14.8 Å². The Kier molecular flexibility index (Phi) is 6.85. The van der Waals surface area contributed by atoms with Gasteiger partial charge in [0.15, 0.2) is 11.5 Å². The van der Waals surface area contributed by atoms with Crippen molar-refractivity contribution in [2.24, 2.45) is 0 Å². The maximum absolute atomic E-state index is 13.2. The van der Waals surface area contributed by atoms with Crippen LogP contribution in [0.15, 0.2) is 90.6 Å². The normalized spacial score (nSPS) is 14.3. The van der Waals surface area contributed by atoms with Gasteiger partial charge >= 0.3 is 6.03 Å². The molecule has 1 N–H and O–H groups in total. The van der Waals surface area contributed by atoms with E-state index in [1.807, 2.05) is 25.1 Å². The third-order valence-corrected chi connectivity index (χ3v) is 6.00. The van der Waals surface area contributed by atoms with Gasteiger partial charge in [0.2, 0.25) is 0 Å². The lowest BCUT2D eigenvalue weighted by molar-refractivity contribution is -0.123. The SMILES string of the molecule is CCOc1cc(/C=C2/NC(=O)N(Cc3ccc(F)cc3)C2=O)ccc1OCc1ccc2ccccc2c1. The fraction of sp³-hybridized carbons (Fsp3) is 0.133. The maximum Gasteiger partial charge on any atom is 0.329 e. The number of benzene rings is 4. The molecule has 37 heavy (non-hydrogen) atoms. The van der Waals surface area contributed by atoms with E-state index >= 15 is 0 Å². The van der Waals surface area contributed by atoms with E-state index in [1.54, 1.807) is 36.4 Å². The van der Waals surface area contributed by atoms with Gasteiger partial charge in [0.1, 0.15) is 18.1 Å². The molecular weight excluding hydrogens is 471 g/mol. The number of hydrogen-bond acceptors (Lipinski definition) is 4. The summed E-state index contributed by atoms with van der Waals surface area (Å²) in [6.07, 6.45) is 1.60. The van der Waals surface area contributed by atoms with Crippen LogP contribution in [-0.4, -0.2) is 23.4 Å². The molecule has 0 aliphatic carbocycles. The lowest BCUT2D eigenvalue weighted by atomic mass is 10.1.